The third-order valence-corrected chi connectivity index (χ3v) is 6.76. The number of fused-ring (bicyclic) bond motifs is 1. The van der Waals surface area contributed by atoms with Crippen LogP contribution in [0.1, 0.15) is 0 Å². The summed E-state index contributed by atoms with van der Waals surface area (Å²) in [4.78, 5) is 28.5. The van der Waals surface area contributed by atoms with E-state index in [0.717, 1.165) is 43.1 Å². The van der Waals surface area contributed by atoms with Gasteiger partial charge in [-0.05, 0) is 51.5 Å². The number of hydrogen-bond acceptors (Lipinski definition) is 8. The number of aromatic nitrogens is 4. The molecule has 2 aromatic heterocycles. The van der Waals surface area contributed by atoms with E-state index in [1.54, 1.807) is 0 Å². The Balaban J connectivity index is 1.41. The number of carbonyl (C=O) groups excluding carboxylic acids is 1. The van der Waals surface area contributed by atoms with Crippen molar-refractivity contribution in [2.75, 3.05) is 69.4 Å². The van der Waals surface area contributed by atoms with Crippen LogP contribution in [0, 0.1) is 0 Å². The summed E-state index contributed by atoms with van der Waals surface area (Å²) < 4.78 is 0. The monoisotopic (exact) mass is 545 g/mol. The van der Waals surface area contributed by atoms with Gasteiger partial charge in [0.05, 0.1) is 11.1 Å². The molecule has 3 N–H and O–H groups in total. The quantitative estimate of drug-likeness (QED) is 0.283. The summed E-state index contributed by atoms with van der Waals surface area (Å²) in [6.07, 6.45) is 3.34. The largest absolute Gasteiger partial charge is 0.369 e. The van der Waals surface area contributed by atoms with Crippen molar-refractivity contribution < 1.29 is 4.79 Å². The molecule has 4 aromatic rings. The molecule has 11 heteroatoms. The van der Waals surface area contributed by atoms with Crippen LogP contribution in [0.4, 0.5) is 23.0 Å². The van der Waals surface area contributed by atoms with Crippen LogP contribution in [0.2, 0.25) is 5.15 Å². The maximum Gasteiger partial charge on any atom is 0.248 e. The summed E-state index contributed by atoms with van der Waals surface area (Å²) in [5.41, 5.74) is 4.58. The molecule has 0 unspecified atom stereocenters. The first-order chi connectivity index (χ1) is 18.9. The lowest BCUT2D eigenvalue weighted by molar-refractivity contribution is -0.111. The van der Waals surface area contributed by atoms with Gasteiger partial charge < -0.3 is 25.3 Å². The minimum absolute atomic E-state index is 0.203. The van der Waals surface area contributed by atoms with E-state index in [2.05, 4.69) is 54.8 Å². The minimum atomic E-state index is -0.203. The van der Waals surface area contributed by atoms with Gasteiger partial charge in [0, 0.05) is 61.4 Å². The van der Waals surface area contributed by atoms with E-state index in [1.165, 1.54) is 6.08 Å². The van der Waals surface area contributed by atoms with Gasteiger partial charge in [-0.2, -0.15) is 10.1 Å². The third kappa shape index (κ3) is 6.54. The fourth-order valence-corrected chi connectivity index (χ4v) is 4.65. The van der Waals surface area contributed by atoms with Gasteiger partial charge >= 0.3 is 0 Å². The number of anilines is 4. The van der Waals surface area contributed by atoms with E-state index in [4.69, 9.17) is 16.6 Å². The zero-order chi connectivity index (χ0) is 27.4. The number of nitrogens with zero attached hydrogens (tertiary/aromatic N) is 6. The number of likely N-dealkylation sites (N-methyl/N-ethyl adjacent to an activating group) is 2. The van der Waals surface area contributed by atoms with Crippen molar-refractivity contribution >= 4 is 51.6 Å². The number of piperazine rings is 1. The van der Waals surface area contributed by atoms with Crippen molar-refractivity contribution in [3.05, 3.63) is 65.8 Å². The van der Waals surface area contributed by atoms with Crippen LogP contribution in [0.25, 0.3) is 22.3 Å². The maximum absolute atomic E-state index is 12.4. The molecule has 202 valence electrons. The Morgan fingerprint density at radius 2 is 1.85 bits per heavy atom. The summed E-state index contributed by atoms with van der Waals surface area (Å²) in [6.45, 7) is 4.72. The number of benzene rings is 2. The van der Waals surface area contributed by atoms with Gasteiger partial charge in [0.15, 0.2) is 10.8 Å². The number of aromatic amines is 1. The van der Waals surface area contributed by atoms with E-state index in [0.29, 0.717) is 34.9 Å². The van der Waals surface area contributed by atoms with Crippen LogP contribution in [0.15, 0.2) is 60.7 Å². The van der Waals surface area contributed by atoms with Gasteiger partial charge in [0.1, 0.15) is 0 Å². The molecular formula is C28H32ClN9O. The van der Waals surface area contributed by atoms with Gasteiger partial charge in [0.2, 0.25) is 11.9 Å². The molecule has 3 heterocycles. The molecule has 1 amide bonds. The van der Waals surface area contributed by atoms with Crippen LogP contribution < -0.4 is 15.5 Å². The molecule has 0 saturated carbocycles. The molecule has 10 nitrogen and oxygen atoms in total. The Morgan fingerprint density at radius 1 is 1.08 bits per heavy atom. The first kappa shape index (κ1) is 26.6. The predicted octanol–water partition coefficient (Wildman–Crippen LogP) is 4.23. The lowest BCUT2D eigenvalue weighted by Gasteiger charge is -2.34. The number of H-pyrrole nitrogens is 1. The topological polar surface area (TPSA) is 105 Å². The molecule has 0 bridgehead atoms. The predicted molar refractivity (Wildman–Crippen MR) is 158 cm³/mol. The first-order valence-electron chi connectivity index (χ1n) is 12.8. The van der Waals surface area contributed by atoms with Crippen molar-refractivity contribution in [3.63, 3.8) is 0 Å². The summed E-state index contributed by atoms with van der Waals surface area (Å²) in [5.74, 6) is 0.208. The molecular weight excluding hydrogens is 514 g/mol. The Bertz CT molecular complexity index is 1490. The fraction of sp³-hybridized carbons (Fsp3) is 0.286. The van der Waals surface area contributed by atoms with Gasteiger partial charge in [-0.3, -0.25) is 9.89 Å². The van der Waals surface area contributed by atoms with E-state index in [1.807, 2.05) is 61.5 Å². The second-order valence-electron chi connectivity index (χ2n) is 9.83. The second kappa shape index (κ2) is 11.8. The van der Waals surface area contributed by atoms with E-state index in [9.17, 15) is 4.79 Å². The molecule has 0 aliphatic carbocycles. The molecule has 0 atom stereocenters. The van der Waals surface area contributed by atoms with Gasteiger partial charge in [0.25, 0.3) is 0 Å². The zero-order valence-corrected chi connectivity index (χ0v) is 23.0. The summed E-state index contributed by atoms with van der Waals surface area (Å²) in [5, 5.41) is 14.2. The highest BCUT2D eigenvalue weighted by molar-refractivity contribution is 6.35. The number of hydrogen-bond donors (Lipinski definition) is 3. The highest BCUT2D eigenvalue weighted by atomic mass is 35.5. The lowest BCUT2D eigenvalue weighted by atomic mass is 10.1. The molecule has 1 fully saturated rings. The number of carbonyl (C=O) groups is 1. The number of rotatable bonds is 8. The van der Waals surface area contributed by atoms with Crippen molar-refractivity contribution in [2.24, 2.45) is 0 Å². The third-order valence-electron chi connectivity index (χ3n) is 6.49. The van der Waals surface area contributed by atoms with Crippen LogP contribution >= 0.6 is 11.6 Å². The molecule has 0 radical (unpaired) electrons. The highest BCUT2D eigenvalue weighted by Gasteiger charge is 2.18. The average molecular weight is 546 g/mol. The van der Waals surface area contributed by atoms with Gasteiger partial charge in [-0.25, -0.2) is 4.98 Å². The fourth-order valence-electron chi connectivity index (χ4n) is 4.43. The van der Waals surface area contributed by atoms with Crippen LogP contribution in [-0.2, 0) is 4.79 Å². The van der Waals surface area contributed by atoms with E-state index < -0.39 is 0 Å². The van der Waals surface area contributed by atoms with Gasteiger partial charge in [-0.1, -0.05) is 35.9 Å². The highest BCUT2D eigenvalue weighted by Crippen LogP contribution is 2.33. The number of amides is 1. The average Bonchev–Trinajstić information content (AvgIpc) is 3.29. The Hall–Kier alpha value is -3.99. The standard InChI is InChI=1S/C28H32ClN9O/c1-36(2)12-6-11-23(39)30-20-8-4-7-19(17-20)25-24-26(29)34-35-27(24)33-28(32-25)31-21-9-5-10-22(18-21)38-15-13-37(3)14-16-38/h4-11,17-18H,12-16H2,1-3H3,(H,30,39)(H2,31,32,33,34,35)/b11-6+. The molecule has 0 spiro atoms. The van der Waals surface area contributed by atoms with Crippen molar-refractivity contribution in [3.8, 4) is 11.3 Å². The molecule has 1 aliphatic heterocycles. The molecule has 1 aliphatic rings. The normalized spacial score (nSPS) is 14.4. The molecule has 2 aromatic carbocycles. The Labute approximate surface area is 232 Å². The van der Waals surface area contributed by atoms with E-state index >= 15 is 0 Å². The molecule has 39 heavy (non-hydrogen) atoms. The molecule has 1 saturated heterocycles. The number of nitrogens with one attached hydrogen (secondary N) is 3. The lowest BCUT2D eigenvalue weighted by Crippen LogP contribution is -2.44. The van der Waals surface area contributed by atoms with Crippen molar-refractivity contribution in [1.29, 1.82) is 0 Å². The minimum Gasteiger partial charge on any atom is -0.369 e. The second-order valence-corrected chi connectivity index (χ2v) is 10.2. The van der Waals surface area contributed by atoms with Gasteiger partial charge in [-0.15, -0.1) is 0 Å². The smallest absolute Gasteiger partial charge is 0.248 e. The van der Waals surface area contributed by atoms with Crippen LogP contribution in [0.3, 0.4) is 0 Å². The van der Waals surface area contributed by atoms with Crippen LogP contribution in [-0.4, -0.2) is 89.7 Å². The Kier molecular flexibility index (Phi) is 8.06. The Morgan fingerprint density at radius 3 is 2.64 bits per heavy atom. The summed E-state index contributed by atoms with van der Waals surface area (Å²) in [6, 6.07) is 15.7. The zero-order valence-electron chi connectivity index (χ0n) is 22.3. The summed E-state index contributed by atoms with van der Waals surface area (Å²) >= 11 is 6.43. The van der Waals surface area contributed by atoms with E-state index in [-0.39, 0.29) is 11.1 Å². The van der Waals surface area contributed by atoms with Crippen LogP contribution in [0.5, 0.6) is 0 Å². The maximum atomic E-state index is 12.4. The number of halogens is 1. The summed E-state index contributed by atoms with van der Waals surface area (Å²) in [7, 11) is 6.04. The SMILES string of the molecule is CN(C)C/C=C/C(=O)Nc1cccc(-c2nc(Nc3cccc(N4CCN(C)CC4)c3)nc3[nH]nc(Cl)c23)c1. The van der Waals surface area contributed by atoms with Crippen molar-refractivity contribution in [1.82, 2.24) is 30.0 Å². The molecule has 5 rings (SSSR count). The van der Waals surface area contributed by atoms with Crippen molar-refractivity contribution in [2.45, 2.75) is 0 Å². The first-order valence-corrected chi connectivity index (χ1v) is 13.2.